The van der Waals surface area contributed by atoms with E-state index in [0.717, 1.165) is 42.7 Å². The maximum absolute atomic E-state index is 12.5. The highest BCUT2D eigenvalue weighted by molar-refractivity contribution is 7.88. The summed E-state index contributed by atoms with van der Waals surface area (Å²) in [6.07, 6.45) is 4.19. The van der Waals surface area contributed by atoms with Crippen molar-refractivity contribution in [2.75, 3.05) is 7.05 Å². The van der Waals surface area contributed by atoms with Gasteiger partial charge in [-0.3, -0.25) is 0 Å². The Kier molecular flexibility index (Phi) is 5.41. The van der Waals surface area contributed by atoms with E-state index in [1.165, 1.54) is 0 Å². The zero-order valence-electron chi connectivity index (χ0n) is 13.0. The van der Waals surface area contributed by atoms with Crippen LogP contribution in [0.25, 0.3) is 0 Å². The minimum atomic E-state index is -3.25. The molecular formula is C16H26N2O2S. The van der Waals surface area contributed by atoms with E-state index in [-0.39, 0.29) is 11.8 Å². The second-order valence-corrected chi connectivity index (χ2v) is 8.24. The quantitative estimate of drug-likeness (QED) is 0.909. The number of hydrogen-bond donors (Lipinski definition) is 1. The lowest BCUT2D eigenvalue weighted by Gasteiger charge is -2.32. The Morgan fingerprint density at radius 2 is 1.62 bits per heavy atom. The molecule has 0 aliphatic heterocycles. The molecule has 1 aliphatic carbocycles. The van der Waals surface area contributed by atoms with Gasteiger partial charge in [0.1, 0.15) is 0 Å². The van der Waals surface area contributed by atoms with Gasteiger partial charge >= 0.3 is 0 Å². The van der Waals surface area contributed by atoms with Crippen LogP contribution in [0.15, 0.2) is 24.3 Å². The zero-order chi connectivity index (χ0) is 15.5. The lowest BCUT2D eigenvalue weighted by atomic mass is 9.87. The molecular weight excluding hydrogens is 284 g/mol. The fourth-order valence-electron chi connectivity index (χ4n) is 2.92. The Hall–Kier alpha value is -0.910. The van der Waals surface area contributed by atoms with Crippen LogP contribution in [0.3, 0.4) is 0 Å². The monoisotopic (exact) mass is 310 g/mol. The molecule has 1 aromatic carbocycles. The third-order valence-electron chi connectivity index (χ3n) is 4.55. The molecule has 0 heterocycles. The molecule has 0 spiro atoms. The maximum Gasteiger partial charge on any atom is 0.218 e. The van der Waals surface area contributed by atoms with Crippen LogP contribution in [-0.2, 0) is 22.3 Å². The Labute approximate surface area is 128 Å². The van der Waals surface area contributed by atoms with Crippen LogP contribution in [0.2, 0.25) is 0 Å². The van der Waals surface area contributed by atoms with Crippen molar-refractivity contribution in [2.45, 2.75) is 50.9 Å². The van der Waals surface area contributed by atoms with Crippen molar-refractivity contribution in [2.24, 2.45) is 11.7 Å². The summed E-state index contributed by atoms with van der Waals surface area (Å²) in [5.41, 5.74) is 7.40. The third-order valence-corrected chi connectivity index (χ3v) is 6.42. The topological polar surface area (TPSA) is 63.4 Å². The van der Waals surface area contributed by atoms with E-state index in [2.05, 4.69) is 6.92 Å². The Morgan fingerprint density at radius 3 is 2.14 bits per heavy atom. The molecule has 1 aliphatic rings. The maximum atomic E-state index is 12.5. The average molecular weight is 310 g/mol. The number of sulfonamides is 1. The molecule has 0 bridgehead atoms. The summed E-state index contributed by atoms with van der Waals surface area (Å²) in [5.74, 6) is 0.793. The Bertz CT molecular complexity index is 546. The van der Waals surface area contributed by atoms with Crippen LogP contribution in [-0.4, -0.2) is 25.8 Å². The van der Waals surface area contributed by atoms with E-state index < -0.39 is 10.0 Å². The normalized spacial score (nSPS) is 23.4. The third kappa shape index (κ3) is 4.28. The smallest absolute Gasteiger partial charge is 0.218 e. The highest BCUT2D eigenvalue weighted by Gasteiger charge is 2.29. The summed E-state index contributed by atoms with van der Waals surface area (Å²) in [7, 11) is -1.52. The molecule has 21 heavy (non-hydrogen) atoms. The molecule has 4 nitrogen and oxygen atoms in total. The zero-order valence-corrected chi connectivity index (χ0v) is 13.8. The van der Waals surface area contributed by atoms with E-state index in [4.69, 9.17) is 5.73 Å². The highest BCUT2D eigenvalue weighted by atomic mass is 32.2. The summed E-state index contributed by atoms with van der Waals surface area (Å²) in [4.78, 5) is 0. The Morgan fingerprint density at radius 1 is 1.10 bits per heavy atom. The number of hydrogen-bond acceptors (Lipinski definition) is 3. The molecule has 0 aromatic heterocycles. The lowest BCUT2D eigenvalue weighted by molar-refractivity contribution is 0.246. The van der Waals surface area contributed by atoms with Crippen molar-refractivity contribution < 1.29 is 8.42 Å². The van der Waals surface area contributed by atoms with Gasteiger partial charge in [-0.15, -0.1) is 0 Å². The Balaban J connectivity index is 2.02. The van der Waals surface area contributed by atoms with Crippen LogP contribution in [0.4, 0.5) is 0 Å². The predicted octanol–water partition coefficient (Wildman–Crippen LogP) is 2.49. The van der Waals surface area contributed by atoms with Crippen molar-refractivity contribution >= 4 is 10.0 Å². The van der Waals surface area contributed by atoms with Gasteiger partial charge in [0.15, 0.2) is 0 Å². The number of rotatable bonds is 5. The van der Waals surface area contributed by atoms with E-state index in [9.17, 15) is 8.42 Å². The number of nitrogens with zero attached hydrogens (tertiary/aromatic N) is 1. The van der Waals surface area contributed by atoms with Gasteiger partial charge < -0.3 is 5.73 Å². The molecule has 118 valence electrons. The minimum absolute atomic E-state index is 0.0698. The molecule has 0 atom stereocenters. The standard InChI is InChI=1S/C16H26N2O2S/c1-13-3-9-16(10-4-13)18(2)21(19,20)12-15-7-5-14(11-17)6-8-15/h5-8,13,16H,3-4,9-12,17H2,1-2H3. The van der Waals surface area contributed by atoms with Crippen molar-refractivity contribution in [1.82, 2.24) is 4.31 Å². The second kappa shape index (κ2) is 6.90. The van der Waals surface area contributed by atoms with Gasteiger partial charge in [-0.25, -0.2) is 12.7 Å². The summed E-state index contributed by atoms with van der Waals surface area (Å²) in [6, 6.07) is 7.67. The van der Waals surface area contributed by atoms with E-state index in [0.29, 0.717) is 6.54 Å². The summed E-state index contributed by atoms with van der Waals surface area (Å²) in [5, 5.41) is 0. The van der Waals surface area contributed by atoms with Gasteiger partial charge in [-0.05, 0) is 42.7 Å². The van der Waals surface area contributed by atoms with E-state index >= 15 is 0 Å². The van der Waals surface area contributed by atoms with Crippen molar-refractivity contribution in [3.05, 3.63) is 35.4 Å². The fraction of sp³-hybridized carbons (Fsp3) is 0.625. The summed E-state index contributed by atoms with van der Waals surface area (Å²) < 4.78 is 26.7. The van der Waals surface area contributed by atoms with E-state index in [1.807, 2.05) is 24.3 Å². The van der Waals surface area contributed by atoms with Gasteiger partial charge in [-0.2, -0.15) is 0 Å². The number of nitrogens with two attached hydrogens (primary N) is 1. The van der Waals surface area contributed by atoms with Gasteiger partial charge in [-0.1, -0.05) is 31.2 Å². The molecule has 2 N–H and O–H groups in total. The van der Waals surface area contributed by atoms with Gasteiger partial charge in [0.05, 0.1) is 5.75 Å². The van der Waals surface area contributed by atoms with Gasteiger partial charge in [0, 0.05) is 19.6 Å². The first-order valence-corrected chi connectivity index (χ1v) is 9.27. The molecule has 5 heteroatoms. The average Bonchev–Trinajstić information content (AvgIpc) is 2.48. The molecule has 0 amide bonds. The number of benzene rings is 1. The molecule has 1 aromatic rings. The lowest BCUT2D eigenvalue weighted by Crippen LogP contribution is -2.39. The fourth-order valence-corrected chi connectivity index (χ4v) is 4.40. The molecule has 0 radical (unpaired) electrons. The molecule has 1 fully saturated rings. The van der Waals surface area contributed by atoms with Gasteiger partial charge in [0.25, 0.3) is 0 Å². The van der Waals surface area contributed by atoms with Crippen LogP contribution >= 0.6 is 0 Å². The van der Waals surface area contributed by atoms with Crippen LogP contribution in [0.1, 0.15) is 43.7 Å². The minimum Gasteiger partial charge on any atom is -0.326 e. The first-order chi connectivity index (χ1) is 9.92. The first kappa shape index (κ1) is 16.5. The highest BCUT2D eigenvalue weighted by Crippen LogP contribution is 2.28. The van der Waals surface area contributed by atoms with Crippen LogP contribution in [0.5, 0.6) is 0 Å². The first-order valence-electron chi connectivity index (χ1n) is 7.66. The van der Waals surface area contributed by atoms with Crippen molar-refractivity contribution in [3.8, 4) is 0 Å². The van der Waals surface area contributed by atoms with Crippen molar-refractivity contribution in [1.29, 1.82) is 0 Å². The predicted molar refractivity (Wildman–Crippen MR) is 86.1 cm³/mol. The van der Waals surface area contributed by atoms with Crippen LogP contribution in [0, 0.1) is 5.92 Å². The van der Waals surface area contributed by atoms with E-state index in [1.54, 1.807) is 11.4 Å². The second-order valence-electron chi connectivity index (χ2n) is 6.21. The molecule has 1 saturated carbocycles. The summed E-state index contributed by atoms with van der Waals surface area (Å²) >= 11 is 0. The largest absolute Gasteiger partial charge is 0.326 e. The van der Waals surface area contributed by atoms with Crippen LogP contribution < -0.4 is 5.73 Å². The molecule has 0 unspecified atom stereocenters. The summed E-state index contributed by atoms with van der Waals surface area (Å²) in [6.45, 7) is 2.72. The molecule has 2 rings (SSSR count). The van der Waals surface area contributed by atoms with Gasteiger partial charge in [0.2, 0.25) is 10.0 Å². The SMILES string of the molecule is CC1CCC(N(C)S(=O)(=O)Cc2ccc(CN)cc2)CC1. The van der Waals surface area contributed by atoms with Crippen molar-refractivity contribution in [3.63, 3.8) is 0 Å². The molecule has 0 saturated heterocycles.